The Balaban J connectivity index is 3.21. The third kappa shape index (κ3) is 1.47. The summed E-state index contributed by atoms with van der Waals surface area (Å²) in [6, 6.07) is 0. The first-order valence-corrected chi connectivity index (χ1v) is 3.93. The molecule has 1 aromatic heterocycles. The van der Waals surface area contributed by atoms with Gasteiger partial charge in [-0.05, 0) is 12.3 Å². The summed E-state index contributed by atoms with van der Waals surface area (Å²) in [6.45, 7) is 3.84. The van der Waals surface area contributed by atoms with Crippen molar-refractivity contribution in [2.24, 2.45) is 0 Å². The van der Waals surface area contributed by atoms with Crippen LogP contribution in [0.3, 0.4) is 0 Å². The predicted octanol–water partition coefficient (Wildman–Crippen LogP) is 0.989. The van der Waals surface area contributed by atoms with Crippen molar-refractivity contribution in [3.05, 3.63) is 22.2 Å². The van der Waals surface area contributed by atoms with Crippen LogP contribution in [0, 0.1) is 0 Å². The molecule has 2 N–H and O–H groups in total. The Labute approximate surface area is 70.3 Å². The van der Waals surface area contributed by atoms with E-state index in [1.165, 1.54) is 6.33 Å². The molecule has 1 aromatic rings. The minimum Gasteiger partial charge on any atom is -0.493 e. The molecule has 1 rings (SSSR count). The van der Waals surface area contributed by atoms with Crippen molar-refractivity contribution in [2.45, 2.75) is 26.2 Å². The first-order valence-electron chi connectivity index (χ1n) is 3.93. The summed E-state index contributed by atoms with van der Waals surface area (Å²) in [4.78, 5) is 17.2. The molecule has 0 aromatic carbocycles. The maximum atomic E-state index is 11.2. The van der Waals surface area contributed by atoms with Crippen LogP contribution < -0.4 is 5.56 Å². The van der Waals surface area contributed by atoms with E-state index in [9.17, 15) is 9.90 Å². The van der Waals surface area contributed by atoms with Gasteiger partial charge in [-0.1, -0.05) is 13.8 Å². The first kappa shape index (κ1) is 8.77. The molecule has 0 aliphatic rings. The van der Waals surface area contributed by atoms with Crippen LogP contribution in [0.2, 0.25) is 0 Å². The van der Waals surface area contributed by atoms with Crippen LogP contribution in [-0.2, 0) is 0 Å². The largest absolute Gasteiger partial charge is 0.493 e. The van der Waals surface area contributed by atoms with Crippen LogP contribution in [0.15, 0.2) is 11.1 Å². The van der Waals surface area contributed by atoms with Crippen molar-refractivity contribution < 1.29 is 5.11 Å². The van der Waals surface area contributed by atoms with Crippen molar-refractivity contribution in [3.63, 3.8) is 0 Å². The number of hydrogen-bond acceptors (Lipinski definition) is 3. The third-order valence-electron chi connectivity index (χ3n) is 1.97. The van der Waals surface area contributed by atoms with Crippen LogP contribution in [0.4, 0.5) is 0 Å². The fraction of sp³-hybridized carbons (Fsp3) is 0.500. The van der Waals surface area contributed by atoms with Gasteiger partial charge in [-0.3, -0.25) is 4.79 Å². The van der Waals surface area contributed by atoms with Crippen LogP contribution in [0.5, 0.6) is 5.88 Å². The molecule has 1 atom stereocenters. The summed E-state index contributed by atoms with van der Waals surface area (Å²) in [6.07, 6.45) is 2.01. The Kier molecular flexibility index (Phi) is 2.47. The summed E-state index contributed by atoms with van der Waals surface area (Å²) < 4.78 is 0. The van der Waals surface area contributed by atoms with Gasteiger partial charge >= 0.3 is 0 Å². The fourth-order valence-corrected chi connectivity index (χ4v) is 1.05. The van der Waals surface area contributed by atoms with E-state index in [4.69, 9.17) is 0 Å². The highest BCUT2D eigenvalue weighted by Crippen LogP contribution is 2.20. The Morgan fingerprint density at radius 1 is 1.75 bits per heavy atom. The average Bonchev–Trinajstić information content (AvgIpc) is 2.03. The number of hydrogen-bond donors (Lipinski definition) is 2. The van der Waals surface area contributed by atoms with E-state index in [0.29, 0.717) is 5.56 Å². The number of aromatic amines is 1. The molecule has 4 heteroatoms. The second-order valence-corrected chi connectivity index (χ2v) is 2.78. The van der Waals surface area contributed by atoms with Gasteiger partial charge in [-0.15, -0.1) is 0 Å². The second-order valence-electron chi connectivity index (χ2n) is 2.78. The van der Waals surface area contributed by atoms with E-state index >= 15 is 0 Å². The number of aromatic nitrogens is 2. The molecule has 0 radical (unpaired) electrons. The third-order valence-corrected chi connectivity index (χ3v) is 1.97. The lowest BCUT2D eigenvalue weighted by atomic mass is 10.0. The first-order chi connectivity index (χ1) is 5.66. The van der Waals surface area contributed by atoms with Gasteiger partial charge in [0.25, 0.3) is 5.56 Å². The zero-order valence-corrected chi connectivity index (χ0v) is 7.16. The maximum Gasteiger partial charge on any atom is 0.258 e. The molecule has 0 saturated heterocycles. The van der Waals surface area contributed by atoms with Gasteiger partial charge in [-0.25, -0.2) is 4.98 Å². The van der Waals surface area contributed by atoms with Crippen LogP contribution >= 0.6 is 0 Å². The van der Waals surface area contributed by atoms with Crippen LogP contribution in [-0.4, -0.2) is 15.1 Å². The molecular formula is C8H12N2O2. The SMILES string of the molecule is CC[C@@H](C)c1c(O)nc[nH]c1=O. The summed E-state index contributed by atoms with van der Waals surface area (Å²) in [5.41, 5.74) is 0.122. The molecule has 0 amide bonds. The van der Waals surface area contributed by atoms with Crippen molar-refractivity contribution in [1.82, 2.24) is 9.97 Å². The van der Waals surface area contributed by atoms with Crippen LogP contribution in [0.25, 0.3) is 0 Å². The number of nitrogens with zero attached hydrogens (tertiary/aromatic N) is 1. The molecule has 0 aliphatic heterocycles. The Morgan fingerprint density at radius 2 is 2.42 bits per heavy atom. The molecule has 12 heavy (non-hydrogen) atoms. The van der Waals surface area contributed by atoms with Gasteiger partial charge in [0.15, 0.2) is 0 Å². The number of nitrogens with one attached hydrogen (secondary N) is 1. The van der Waals surface area contributed by atoms with E-state index < -0.39 is 0 Å². The van der Waals surface area contributed by atoms with Gasteiger partial charge in [0.05, 0.1) is 11.9 Å². The van der Waals surface area contributed by atoms with Gasteiger partial charge in [0, 0.05) is 0 Å². The maximum absolute atomic E-state index is 11.2. The highest BCUT2D eigenvalue weighted by molar-refractivity contribution is 5.24. The lowest BCUT2D eigenvalue weighted by molar-refractivity contribution is 0.436. The number of aromatic hydroxyl groups is 1. The number of H-pyrrole nitrogens is 1. The Morgan fingerprint density at radius 3 is 2.92 bits per heavy atom. The van der Waals surface area contributed by atoms with Gasteiger partial charge in [0.1, 0.15) is 0 Å². The highest BCUT2D eigenvalue weighted by Gasteiger charge is 2.13. The predicted molar refractivity (Wildman–Crippen MR) is 45.2 cm³/mol. The van der Waals surface area contributed by atoms with E-state index in [-0.39, 0.29) is 17.4 Å². The summed E-state index contributed by atoms with van der Waals surface area (Å²) in [5, 5.41) is 9.26. The summed E-state index contributed by atoms with van der Waals surface area (Å²) in [5.74, 6) is -0.115. The van der Waals surface area contributed by atoms with Gasteiger partial charge in [-0.2, -0.15) is 0 Å². The molecular weight excluding hydrogens is 156 g/mol. The van der Waals surface area contributed by atoms with E-state index in [0.717, 1.165) is 6.42 Å². The number of rotatable bonds is 2. The topological polar surface area (TPSA) is 66.0 Å². The van der Waals surface area contributed by atoms with Crippen molar-refractivity contribution >= 4 is 0 Å². The lowest BCUT2D eigenvalue weighted by Crippen LogP contribution is -2.15. The molecule has 0 bridgehead atoms. The van der Waals surface area contributed by atoms with Gasteiger partial charge in [0.2, 0.25) is 5.88 Å². The van der Waals surface area contributed by atoms with Crippen LogP contribution in [0.1, 0.15) is 31.7 Å². The second kappa shape index (κ2) is 3.38. The highest BCUT2D eigenvalue weighted by atomic mass is 16.3. The quantitative estimate of drug-likeness (QED) is 0.692. The molecule has 0 aliphatic carbocycles. The smallest absolute Gasteiger partial charge is 0.258 e. The zero-order chi connectivity index (χ0) is 9.14. The van der Waals surface area contributed by atoms with Crippen molar-refractivity contribution in [2.75, 3.05) is 0 Å². The Hall–Kier alpha value is -1.32. The average molecular weight is 168 g/mol. The van der Waals surface area contributed by atoms with E-state index in [2.05, 4.69) is 9.97 Å². The molecule has 0 unspecified atom stereocenters. The molecule has 0 saturated carbocycles. The molecule has 0 fully saturated rings. The van der Waals surface area contributed by atoms with E-state index in [1.807, 2.05) is 13.8 Å². The lowest BCUT2D eigenvalue weighted by Gasteiger charge is -2.07. The summed E-state index contributed by atoms with van der Waals surface area (Å²) >= 11 is 0. The van der Waals surface area contributed by atoms with Gasteiger partial charge < -0.3 is 10.1 Å². The molecule has 1 heterocycles. The molecule has 4 nitrogen and oxygen atoms in total. The van der Waals surface area contributed by atoms with Crippen molar-refractivity contribution in [1.29, 1.82) is 0 Å². The van der Waals surface area contributed by atoms with Crippen molar-refractivity contribution in [3.8, 4) is 5.88 Å². The fourth-order valence-electron chi connectivity index (χ4n) is 1.05. The zero-order valence-electron chi connectivity index (χ0n) is 7.16. The Bertz CT molecular complexity index is 319. The minimum absolute atomic E-state index is 0.0439. The molecule has 0 spiro atoms. The monoisotopic (exact) mass is 168 g/mol. The standard InChI is InChI=1S/C8H12N2O2/c1-3-5(2)6-7(11)9-4-10-8(6)12/h4-5H,3H2,1-2H3,(H2,9,10,11,12)/t5-/m1/s1. The molecule has 66 valence electrons. The van der Waals surface area contributed by atoms with E-state index in [1.54, 1.807) is 0 Å². The normalized spacial score (nSPS) is 12.8. The minimum atomic E-state index is -0.253. The summed E-state index contributed by atoms with van der Waals surface area (Å²) in [7, 11) is 0.